The average molecular weight is 254 g/mol. The highest BCUT2D eigenvalue weighted by atomic mass is 35.5. The van der Waals surface area contributed by atoms with Gasteiger partial charge in [0.15, 0.2) is 0 Å². The minimum atomic E-state index is 0.412. The zero-order valence-corrected chi connectivity index (χ0v) is 12.1. The third-order valence-electron chi connectivity index (χ3n) is 3.38. The molecule has 0 aromatic heterocycles. The van der Waals surface area contributed by atoms with Crippen LogP contribution in [0.2, 0.25) is 5.02 Å². The minimum Gasteiger partial charge on any atom is -0.313 e. The van der Waals surface area contributed by atoms with Crippen molar-refractivity contribution in [3.8, 4) is 0 Å². The summed E-state index contributed by atoms with van der Waals surface area (Å²) in [5.41, 5.74) is 2.65. The SMILES string of the molecule is CCCC(C)CC(NC)c1cc(Cl)ccc1C. The Bertz CT molecular complexity index is 349. The van der Waals surface area contributed by atoms with E-state index in [9.17, 15) is 0 Å². The summed E-state index contributed by atoms with van der Waals surface area (Å²) >= 11 is 6.09. The Balaban J connectivity index is 2.82. The predicted octanol–water partition coefficient (Wildman–Crippen LogP) is 4.74. The van der Waals surface area contributed by atoms with Gasteiger partial charge in [-0.3, -0.25) is 0 Å². The van der Waals surface area contributed by atoms with E-state index in [1.54, 1.807) is 0 Å². The van der Waals surface area contributed by atoms with Gasteiger partial charge < -0.3 is 5.32 Å². The van der Waals surface area contributed by atoms with E-state index >= 15 is 0 Å². The van der Waals surface area contributed by atoms with E-state index in [2.05, 4.69) is 38.2 Å². The number of nitrogens with one attached hydrogen (secondary N) is 1. The summed E-state index contributed by atoms with van der Waals surface area (Å²) in [5.74, 6) is 0.746. The summed E-state index contributed by atoms with van der Waals surface area (Å²) in [6.07, 6.45) is 3.72. The second-order valence-electron chi connectivity index (χ2n) is 4.97. The molecule has 0 saturated carbocycles. The van der Waals surface area contributed by atoms with E-state index in [0.29, 0.717) is 6.04 Å². The van der Waals surface area contributed by atoms with Crippen molar-refractivity contribution in [2.24, 2.45) is 5.92 Å². The zero-order valence-electron chi connectivity index (χ0n) is 11.4. The largest absolute Gasteiger partial charge is 0.313 e. The summed E-state index contributed by atoms with van der Waals surface area (Å²) in [5, 5.41) is 4.24. The quantitative estimate of drug-likeness (QED) is 0.773. The fourth-order valence-electron chi connectivity index (χ4n) is 2.40. The van der Waals surface area contributed by atoms with Crippen molar-refractivity contribution in [3.05, 3.63) is 34.3 Å². The van der Waals surface area contributed by atoms with Crippen molar-refractivity contribution in [3.63, 3.8) is 0 Å². The molecule has 0 aliphatic heterocycles. The molecule has 0 bridgehead atoms. The summed E-state index contributed by atoms with van der Waals surface area (Å²) in [4.78, 5) is 0. The third kappa shape index (κ3) is 4.33. The highest BCUT2D eigenvalue weighted by molar-refractivity contribution is 6.30. The van der Waals surface area contributed by atoms with Gasteiger partial charge in [-0.1, -0.05) is 44.4 Å². The summed E-state index contributed by atoms with van der Waals surface area (Å²) < 4.78 is 0. The van der Waals surface area contributed by atoms with Crippen LogP contribution in [0.1, 0.15) is 50.3 Å². The summed E-state index contributed by atoms with van der Waals surface area (Å²) in [6, 6.07) is 6.57. The molecule has 0 amide bonds. The molecule has 1 nitrogen and oxygen atoms in total. The molecule has 0 saturated heterocycles. The lowest BCUT2D eigenvalue weighted by Gasteiger charge is -2.22. The van der Waals surface area contributed by atoms with Crippen LogP contribution in [-0.2, 0) is 0 Å². The van der Waals surface area contributed by atoms with Crippen LogP contribution in [-0.4, -0.2) is 7.05 Å². The van der Waals surface area contributed by atoms with Crippen molar-refractivity contribution in [1.29, 1.82) is 0 Å². The van der Waals surface area contributed by atoms with Crippen molar-refractivity contribution in [2.45, 2.75) is 46.1 Å². The highest BCUT2D eigenvalue weighted by Crippen LogP contribution is 2.28. The lowest BCUT2D eigenvalue weighted by atomic mass is 9.91. The van der Waals surface area contributed by atoms with Gasteiger partial charge in [0, 0.05) is 11.1 Å². The first kappa shape index (κ1) is 14.5. The first-order valence-corrected chi connectivity index (χ1v) is 6.89. The first-order chi connectivity index (χ1) is 8.08. The summed E-state index contributed by atoms with van der Waals surface area (Å²) in [6.45, 7) is 6.73. The van der Waals surface area contributed by atoms with Crippen LogP contribution >= 0.6 is 11.6 Å². The molecule has 96 valence electrons. The lowest BCUT2D eigenvalue weighted by Crippen LogP contribution is -2.20. The standard InChI is InChI=1S/C15H24ClN/c1-5-6-11(2)9-15(17-4)14-10-13(16)8-7-12(14)3/h7-8,10-11,15,17H,5-6,9H2,1-4H3. The molecule has 0 aliphatic rings. The molecule has 0 fully saturated rings. The number of hydrogen-bond acceptors (Lipinski definition) is 1. The van der Waals surface area contributed by atoms with E-state index in [-0.39, 0.29) is 0 Å². The molecule has 0 heterocycles. The van der Waals surface area contributed by atoms with Crippen LogP contribution < -0.4 is 5.32 Å². The Hall–Kier alpha value is -0.530. The van der Waals surface area contributed by atoms with E-state index in [4.69, 9.17) is 11.6 Å². The van der Waals surface area contributed by atoms with Gasteiger partial charge in [-0.25, -0.2) is 0 Å². The van der Waals surface area contributed by atoms with Crippen LogP contribution in [0.25, 0.3) is 0 Å². The fraction of sp³-hybridized carbons (Fsp3) is 0.600. The number of benzene rings is 1. The van der Waals surface area contributed by atoms with E-state index in [1.165, 1.54) is 30.4 Å². The Morgan fingerprint density at radius 2 is 2.06 bits per heavy atom. The predicted molar refractivity (Wildman–Crippen MR) is 76.7 cm³/mol. The van der Waals surface area contributed by atoms with E-state index in [1.807, 2.05) is 13.1 Å². The monoisotopic (exact) mass is 253 g/mol. The second kappa shape index (κ2) is 7.03. The van der Waals surface area contributed by atoms with Gasteiger partial charge >= 0.3 is 0 Å². The molecule has 1 N–H and O–H groups in total. The maximum absolute atomic E-state index is 6.09. The van der Waals surface area contributed by atoms with Crippen LogP contribution in [0.4, 0.5) is 0 Å². The molecule has 17 heavy (non-hydrogen) atoms. The average Bonchev–Trinajstić information content (AvgIpc) is 2.30. The van der Waals surface area contributed by atoms with Crippen molar-refractivity contribution in [1.82, 2.24) is 5.32 Å². The fourth-order valence-corrected chi connectivity index (χ4v) is 2.58. The van der Waals surface area contributed by atoms with E-state index < -0.39 is 0 Å². The topological polar surface area (TPSA) is 12.0 Å². The summed E-state index contributed by atoms with van der Waals surface area (Å²) in [7, 11) is 2.03. The third-order valence-corrected chi connectivity index (χ3v) is 3.62. The second-order valence-corrected chi connectivity index (χ2v) is 5.41. The van der Waals surface area contributed by atoms with Gasteiger partial charge in [0.2, 0.25) is 0 Å². The Labute approximate surface area is 111 Å². The maximum Gasteiger partial charge on any atom is 0.0409 e. The molecular formula is C15H24ClN. The molecule has 0 aliphatic carbocycles. The van der Waals surface area contributed by atoms with Gasteiger partial charge in [0.05, 0.1) is 0 Å². The molecule has 2 atom stereocenters. The highest BCUT2D eigenvalue weighted by Gasteiger charge is 2.15. The molecule has 0 radical (unpaired) electrons. The Kier molecular flexibility index (Phi) is 6.01. The number of halogens is 1. The number of aryl methyl sites for hydroxylation is 1. The molecule has 0 spiro atoms. The van der Waals surface area contributed by atoms with Crippen molar-refractivity contribution >= 4 is 11.6 Å². The van der Waals surface area contributed by atoms with Gasteiger partial charge in [-0.15, -0.1) is 0 Å². The smallest absolute Gasteiger partial charge is 0.0409 e. The molecule has 1 rings (SSSR count). The molecule has 1 aromatic rings. The maximum atomic E-state index is 6.09. The molecule has 2 heteroatoms. The van der Waals surface area contributed by atoms with Gasteiger partial charge in [0.25, 0.3) is 0 Å². The Morgan fingerprint density at radius 3 is 2.65 bits per heavy atom. The van der Waals surface area contributed by atoms with Crippen molar-refractivity contribution < 1.29 is 0 Å². The first-order valence-electron chi connectivity index (χ1n) is 6.51. The van der Waals surface area contributed by atoms with Gasteiger partial charge in [-0.05, 0) is 49.6 Å². The molecular weight excluding hydrogens is 230 g/mol. The van der Waals surface area contributed by atoms with Gasteiger partial charge in [0.1, 0.15) is 0 Å². The molecule has 1 aromatic carbocycles. The molecule has 2 unspecified atom stereocenters. The lowest BCUT2D eigenvalue weighted by molar-refractivity contribution is 0.406. The van der Waals surface area contributed by atoms with Crippen LogP contribution in [0.15, 0.2) is 18.2 Å². The van der Waals surface area contributed by atoms with Crippen LogP contribution in [0.5, 0.6) is 0 Å². The zero-order chi connectivity index (χ0) is 12.8. The van der Waals surface area contributed by atoms with Gasteiger partial charge in [-0.2, -0.15) is 0 Å². The minimum absolute atomic E-state index is 0.412. The number of rotatable bonds is 6. The normalized spacial score (nSPS) is 14.6. The van der Waals surface area contributed by atoms with E-state index in [0.717, 1.165) is 10.9 Å². The van der Waals surface area contributed by atoms with Crippen LogP contribution in [0.3, 0.4) is 0 Å². The Morgan fingerprint density at radius 1 is 1.35 bits per heavy atom. The van der Waals surface area contributed by atoms with Crippen molar-refractivity contribution in [2.75, 3.05) is 7.05 Å². The van der Waals surface area contributed by atoms with Crippen LogP contribution in [0, 0.1) is 12.8 Å². The number of hydrogen-bond donors (Lipinski definition) is 1.